The van der Waals surface area contributed by atoms with Gasteiger partial charge < -0.3 is 15.3 Å². The molecule has 0 bridgehead atoms. The van der Waals surface area contributed by atoms with Crippen LogP contribution in [0.25, 0.3) is 0 Å². The molecule has 0 aromatic heterocycles. The van der Waals surface area contributed by atoms with Gasteiger partial charge >= 0.3 is 5.97 Å². The lowest BCUT2D eigenvalue weighted by Gasteiger charge is -2.29. The molecule has 0 aromatic rings. The monoisotopic (exact) mass is 242 g/mol. The van der Waals surface area contributed by atoms with Crippen LogP contribution in [0.3, 0.4) is 0 Å². The van der Waals surface area contributed by atoms with Gasteiger partial charge in [-0.25, -0.2) is 0 Å². The molecule has 0 aliphatic carbocycles. The van der Waals surface area contributed by atoms with E-state index in [-0.39, 0.29) is 24.3 Å². The van der Waals surface area contributed by atoms with E-state index in [1.54, 1.807) is 13.8 Å². The Labute approximate surface area is 100.0 Å². The maximum absolute atomic E-state index is 12.1. The van der Waals surface area contributed by atoms with Crippen molar-refractivity contribution < 1.29 is 19.5 Å². The fourth-order valence-corrected chi connectivity index (χ4v) is 2.05. The molecule has 1 saturated heterocycles. The number of likely N-dealkylation sites (N-methyl/N-ethyl adjacent to an activating group) is 1. The minimum atomic E-state index is -0.931. The molecule has 6 heteroatoms. The summed E-state index contributed by atoms with van der Waals surface area (Å²) in [7, 11) is 0. The highest BCUT2D eigenvalue weighted by Gasteiger charge is 2.32. The third-order valence-electron chi connectivity index (χ3n) is 2.92. The summed E-state index contributed by atoms with van der Waals surface area (Å²) < 4.78 is 0. The van der Waals surface area contributed by atoms with Crippen LogP contribution in [0.1, 0.15) is 33.1 Å². The van der Waals surface area contributed by atoms with Gasteiger partial charge in [-0.05, 0) is 20.3 Å². The lowest BCUT2D eigenvalue weighted by atomic mass is 10.1. The Morgan fingerprint density at radius 3 is 2.65 bits per heavy atom. The Hall–Kier alpha value is -1.59. The van der Waals surface area contributed by atoms with Gasteiger partial charge in [0.15, 0.2) is 0 Å². The summed E-state index contributed by atoms with van der Waals surface area (Å²) >= 11 is 0. The average molecular weight is 242 g/mol. The van der Waals surface area contributed by atoms with Gasteiger partial charge in [0.1, 0.15) is 6.04 Å². The van der Waals surface area contributed by atoms with Crippen molar-refractivity contribution in [1.82, 2.24) is 10.2 Å². The average Bonchev–Trinajstić information content (AvgIpc) is 2.64. The molecule has 0 aromatic carbocycles. The molecule has 1 rings (SSSR count). The first kappa shape index (κ1) is 13.5. The number of nitrogens with zero attached hydrogens (tertiary/aromatic N) is 1. The van der Waals surface area contributed by atoms with Crippen LogP contribution in [0.15, 0.2) is 0 Å². The van der Waals surface area contributed by atoms with Gasteiger partial charge in [0.25, 0.3) is 0 Å². The maximum Gasteiger partial charge on any atom is 0.305 e. The number of hydrogen-bond acceptors (Lipinski definition) is 3. The summed E-state index contributed by atoms with van der Waals surface area (Å²) in [6.07, 6.45) is 0.773. The van der Waals surface area contributed by atoms with E-state index in [4.69, 9.17) is 5.11 Å². The molecule has 1 aliphatic rings. The van der Waals surface area contributed by atoms with Crippen molar-refractivity contribution in [3.63, 3.8) is 0 Å². The maximum atomic E-state index is 12.1. The zero-order chi connectivity index (χ0) is 13.0. The molecule has 2 atom stereocenters. The number of carboxylic acids is 1. The molecule has 2 N–H and O–H groups in total. The van der Waals surface area contributed by atoms with Gasteiger partial charge in [-0.15, -0.1) is 0 Å². The van der Waals surface area contributed by atoms with Gasteiger partial charge in [-0.1, -0.05) is 0 Å². The Bertz CT molecular complexity index is 329. The number of amides is 2. The standard InChI is InChI=1S/C11H18N2O4/c1-3-13(7(2)6-10(15)16)11(17)8-4-5-9(14)12-8/h7-8H,3-6H2,1-2H3,(H,12,14)(H,15,16)/t7?,8-/m1/s1. The van der Waals surface area contributed by atoms with E-state index in [1.807, 2.05) is 0 Å². The summed E-state index contributed by atoms with van der Waals surface area (Å²) in [6, 6.07) is -0.846. The summed E-state index contributed by atoms with van der Waals surface area (Å²) in [5, 5.41) is 11.3. The molecule has 0 spiro atoms. The molecule has 6 nitrogen and oxygen atoms in total. The van der Waals surface area contributed by atoms with E-state index in [2.05, 4.69) is 5.32 Å². The van der Waals surface area contributed by atoms with E-state index < -0.39 is 12.0 Å². The van der Waals surface area contributed by atoms with Crippen molar-refractivity contribution in [3.8, 4) is 0 Å². The SMILES string of the molecule is CCN(C(=O)[C@H]1CCC(=O)N1)C(C)CC(=O)O. The third kappa shape index (κ3) is 3.44. The van der Waals surface area contributed by atoms with Crippen molar-refractivity contribution >= 4 is 17.8 Å². The molecule has 0 radical (unpaired) electrons. The molecule has 0 saturated carbocycles. The van der Waals surface area contributed by atoms with E-state index in [9.17, 15) is 14.4 Å². The number of nitrogens with one attached hydrogen (secondary N) is 1. The number of aliphatic carboxylic acids is 1. The van der Waals surface area contributed by atoms with E-state index in [0.717, 1.165) is 0 Å². The van der Waals surface area contributed by atoms with E-state index >= 15 is 0 Å². The fraction of sp³-hybridized carbons (Fsp3) is 0.727. The number of rotatable bonds is 5. The van der Waals surface area contributed by atoms with E-state index in [1.165, 1.54) is 4.90 Å². The van der Waals surface area contributed by atoms with Crippen molar-refractivity contribution in [2.24, 2.45) is 0 Å². The Kier molecular flexibility index (Phi) is 4.48. The van der Waals surface area contributed by atoms with Gasteiger partial charge in [-0.2, -0.15) is 0 Å². The lowest BCUT2D eigenvalue weighted by Crippen LogP contribution is -2.48. The zero-order valence-corrected chi connectivity index (χ0v) is 10.1. The Balaban J connectivity index is 2.63. The molecular weight excluding hydrogens is 224 g/mol. The first-order valence-electron chi connectivity index (χ1n) is 5.77. The Morgan fingerprint density at radius 1 is 1.59 bits per heavy atom. The van der Waals surface area contributed by atoms with Crippen LogP contribution in [-0.4, -0.2) is 46.4 Å². The zero-order valence-electron chi connectivity index (χ0n) is 10.1. The van der Waals surface area contributed by atoms with Crippen LogP contribution in [0.4, 0.5) is 0 Å². The minimum Gasteiger partial charge on any atom is -0.481 e. The van der Waals surface area contributed by atoms with Gasteiger partial charge in [0.05, 0.1) is 6.42 Å². The summed E-state index contributed by atoms with van der Waals surface area (Å²) in [5.41, 5.74) is 0. The van der Waals surface area contributed by atoms with Crippen LogP contribution < -0.4 is 5.32 Å². The predicted molar refractivity (Wildman–Crippen MR) is 60.3 cm³/mol. The van der Waals surface area contributed by atoms with Gasteiger partial charge in [-0.3, -0.25) is 14.4 Å². The highest BCUT2D eigenvalue weighted by molar-refractivity contribution is 5.91. The van der Waals surface area contributed by atoms with Gasteiger partial charge in [0.2, 0.25) is 11.8 Å². The van der Waals surface area contributed by atoms with E-state index in [0.29, 0.717) is 19.4 Å². The van der Waals surface area contributed by atoms with Crippen molar-refractivity contribution in [3.05, 3.63) is 0 Å². The van der Waals surface area contributed by atoms with Crippen LogP contribution in [-0.2, 0) is 14.4 Å². The smallest absolute Gasteiger partial charge is 0.305 e. The number of hydrogen-bond donors (Lipinski definition) is 2. The number of carbonyl (C=O) groups excluding carboxylic acids is 2. The lowest BCUT2D eigenvalue weighted by molar-refractivity contribution is -0.141. The normalized spacial score (nSPS) is 20.8. The summed E-state index contributed by atoms with van der Waals surface area (Å²) in [4.78, 5) is 35.2. The van der Waals surface area contributed by atoms with Crippen molar-refractivity contribution in [2.45, 2.75) is 45.2 Å². The molecule has 1 aliphatic heterocycles. The van der Waals surface area contributed by atoms with Crippen LogP contribution in [0, 0.1) is 0 Å². The molecule has 1 unspecified atom stereocenters. The molecule has 17 heavy (non-hydrogen) atoms. The molecular formula is C11H18N2O4. The largest absolute Gasteiger partial charge is 0.481 e. The first-order chi connectivity index (χ1) is 7.95. The second-order valence-corrected chi connectivity index (χ2v) is 4.23. The van der Waals surface area contributed by atoms with Crippen molar-refractivity contribution in [2.75, 3.05) is 6.54 Å². The third-order valence-corrected chi connectivity index (χ3v) is 2.92. The molecule has 1 fully saturated rings. The summed E-state index contributed by atoms with van der Waals surface area (Å²) in [6.45, 7) is 3.94. The fourth-order valence-electron chi connectivity index (χ4n) is 2.05. The van der Waals surface area contributed by atoms with Crippen LogP contribution in [0.2, 0.25) is 0 Å². The van der Waals surface area contributed by atoms with Crippen molar-refractivity contribution in [1.29, 1.82) is 0 Å². The molecule has 96 valence electrons. The number of carbonyl (C=O) groups is 3. The summed E-state index contributed by atoms with van der Waals surface area (Å²) in [5.74, 6) is -1.24. The highest BCUT2D eigenvalue weighted by Crippen LogP contribution is 2.13. The molecule has 1 heterocycles. The first-order valence-corrected chi connectivity index (χ1v) is 5.77. The quantitative estimate of drug-likeness (QED) is 0.709. The van der Waals surface area contributed by atoms with Gasteiger partial charge in [0, 0.05) is 19.0 Å². The Morgan fingerprint density at radius 2 is 2.24 bits per heavy atom. The number of carboxylic acid groups (broad SMARTS) is 1. The topological polar surface area (TPSA) is 86.7 Å². The highest BCUT2D eigenvalue weighted by atomic mass is 16.4. The van der Waals surface area contributed by atoms with Crippen LogP contribution in [0.5, 0.6) is 0 Å². The minimum absolute atomic E-state index is 0.0831. The van der Waals surface area contributed by atoms with Crippen LogP contribution >= 0.6 is 0 Å². The second-order valence-electron chi connectivity index (χ2n) is 4.23. The molecule has 2 amide bonds. The second kappa shape index (κ2) is 5.65. The predicted octanol–water partition coefficient (Wildman–Crippen LogP) is -0.0233.